The number of hydrogen-bond donors (Lipinski definition) is 0. The average Bonchev–Trinajstić information content (AvgIpc) is 3.95. The van der Waals surface area contributed by atoms with Gasteiger partial charge in [-0.3, -0.25) is 0 Å². The second-order valence-corrected chi connectivity index (χ2v) is 17.3. The van der Waals surface area contributed by atoms with Crippen LogP contribution in [0.25, 0.3) is 105 Å². The summed E-state index contributed by atoms with van der Waals surface area (Å²) < 4.78 is 8.78. The number of aromatic nitrogens is 1. The van der Waals surface area contributed by atoms with Gasteiger partial charge >= 0.3 is 0 Å². The highest BCUT2D eigenvalue weighted by Crippen LogP contribution is 2.42. The topological polar surface area (TPSA) is 21.3 Å². The van der Waals surface area contributed by atoms with E-state index < -0.39 is 0 Å². The molecule has 3 heteroatoms. The Hall–Kier alpha value is -8.92. The Kier molecular flexibility index (Phi) is 9.17. The van der Waals surface area contributed by atoms with E-state index in [2.05, 4.69) is 264 Å². The summed E-state index contributed by atoms with van der Waals surface area (Å²) in [5, 5.41) is 7.16. The quantitative estimate of drug-likeness (QED) is 0.152. The first-order valence-electron chi connectivity index (χ1n) is 22.9. The third-order valence-electron chi connectivity index (χ3n) is 13.4. The monoisotopic (exact) mass is 854 g/mol. The van der Waals surface area contributed by atoms with Gasteiger partial charge in [-0.1, -0.05) is 176 Å². The smallest absolute Gasteiger partial charge is 0.136 e. The van der Waals surface area contributed by atoms with E-state index in [1.807, 2.05) is 0 Å². The van der Waals surface area contributed by atoms with E-state index in [1.54, 1.807) is 0 Å². The molecule has 13 aromatic rings. The standard InChI is InChI=1S/C64H42N2O/c1-3-11-43(12-4-1)47-27-33-53(34-28-47)65(55-37-40-62-59(42-55)64-56-16-8-7-13-50(56)32-39-63(64)67-62)54-35-29-48(30-36-54)46-21-19-44(20-22-46)45-23-25-49(26-24-45)51-31-38-61-58(41-51)57-17-9-10-18-60(57)66(61)52-14-5-2-6-15-52/h1-42H. The Balaban J connectivity index is 0.803. The van der Waals surface area contributed by atoms with Crippen molar-refractivity contribution in [2.45, 2.75) is 0 Å². The van der Waals surface area contributed by atoms with Gasteiger partial charge in [0.15, 0.2) is 0 Å². The lowest BCUT2D eigenvalue weighted by molar-refractivity contribution is 0.669. The van der Waals surface area contributed by atoms with Gasteiger partial charge in [0.25, 0.3) is 0 Å². The maximum atomic E-state index is 6.41. The third-order valence-corrected chi connectivity index (χ3v) is 13.4. The molecule has 0 bridgehead atoms. The van der Waals surface area contributed by atoms with Crippen LogP contribution in [-0.4, -0.2) is 4.57 Å². The van der Waals surface area contributed by atoms with Gasteiger partial charge < -0.3 is 13.9 Å². The lowest BCUT2D eigenvalue weighted by Gasteiger charge is -2.26. The SMILES string of the molecule is c1ccc(-c2ccc(N(c3ccc(-c4ccc(-c5ccc(-c6ccc7c(c6)c6ccccc6n7-c6ccccc6)cc5)cc4)cc3)c3ccc4oc5ccc6ccccc6c5c4c3)cc2)cc1. The van der Waals surface area contributed by atoms with E-state index in [1.165, 1.54) is 77.2 Å². The molecule has 0 amide bonds. The Morgan fingerprint density at radius 1 is 0.284 bits per heavy atom. The Morgan fingerprint density at radius 3 is 1.39 bits per heavy atom. The van der Waals surface area contributed by atoms with Crippen LogP contribution in [0, 0.1) is 0 Å². The van der Waals surface area contributed by atoms with E-state index in [4.69, 9.17) is 4.42 Å². The van der Waals surface area contributed by atoms with Crippen LogP contribution in [0.15, 0.2) is 259 Å². The highest BCUT2D eigenvalue weighted by atomic mass is 16.3. The predicted molar refractivity (Wildman–Crippen MR) is 282 cm³/mol. The Labute approximate surface area is 388 Å². The molecule has 2 heterocycles. The second-order valence-electron chi connectivity index (χ2n) is 17.3. The van der Waals surface area contributed by atoms with Gasteiger partial charge in [-0.15, -0.1) is 0 Å². The fourth-order valence-electron chi connectivity index (χ4n) is 10.1. The average molecular weight is 855 g/mol. The maximum Gasteiger partial charge on any atom is 0.136 e. The first kappa shape index (κ1) is 38.5. The largest absolute Gasteiger partial charge is 0.456 e. The van der Waals surface area contributed by atoms with Crippen LogP contribution < -0.4 is 4.90 Å². The molecule has 0 saturated carbocycles. The fraction of sp³-hybridized carbons (Fsp3) is 0. The number of anilines is 3. The van der Waals surface area contributed by atoms with Crippen molar-refractivity contribution < 1.29 is 4.42 Å². The van der Waals surface area contributed by atoms with Gasteiger partial charge in [0, 0.05) is 44.3 Å². The van der Waals surface area contributed by atoms with Crippen LogP contribution in [0.4, 0.5) is 17.1 Å². The zero-order valence-corrected chi connectivity index (χ0v) is 36.6. The molecule has 314 valence electrons. The van der Waals surface area contributed by atoms with Gasteiger partial charge in [-0.05, 0) is 134 Å². The molecular formula is C64H42N2O. The zero-order chi connectivity index (χ0) is 44.3. The molecule has 0 radical (unpaired) electrons. The summed E-state index contributed by atoms with van der Waals surface area (Å²) in [6.07, 6.45) is 0. The second kappa shape index (κ2) is 16.0. The number of nitrogens with zero attached hydrogens (tertiary/aromatic N) is 2. The number of para-hydroxylation sites is 2. The number of fused-ring (bicyclic) bond motifs is 8. The molecule has 0 aliphatic rings. The predicted octanol–water partition coefficient (Wildman–Crippen LogP) is 18.0. The van der Waals surface area contributed by atoms with E-state index in [9.17, 15) is 0 Å². The highest BCUT2D eigenvalue weighted by Gasteiger charge is 2.18. The summed E-state index contributed by atoms with van der Waals surface area (Å²) in [6.45, 7) is 0. The number of hydrogen-bond acceptors (Lipinski definition) is 2. The molecule has 11 aromatic carbocycles. The molecular weight excluding hydrogens is 813 g/mol. The van der Waals surface area contributed by atoms with E-state index in [0.717, 1.165) is 44.6 Å². The van der Waals surface area contributed by atoms with Crippen molar-refractivity contribution in [2.75, 3.05) is 4.90 Å². The fourth-order valence-corrected chi connectivity index (χ4v) is 10.1. The normalized spacial score (nSPS) is 11.6. The first-order chi connectivity index (χ1) is 33.2. The molecule has 0 N–H and O–H groups in total. The lowest BCUT2D eigenvalue weighted by atomic mass is 9.97. The van der Waals surface area contributed by atoms with Crippen LogP contribution in [0.3, 0.4) is 0 Å². The first-order valence-corrected chi connectivity index (χ1v) is 22.9. The summed E-state index contributed by atoms with van der Waals surface area (Å²) in [4.78, 5) is 2.34. The molecule has 3 nitrogen and oxygen atoms in total. The summed E-state index contributed by atoms with van der Waals surface area (Å²) >= 11 is 0. The minimum atomic E-state index is 0.880. The Bertz CT molecular complexity index is 3920. The molecule has 0 saturated heterocycles. The number of benzene rings is 11. The van der Waals surface area contributed by atoms with E-state index >= 15 is 0 Å². The maximum absolute atomic E-state index is 6.41. The van der Waals surface area contributed by atoms with Crippen LogP contribution in [0.2, 0.25) is 0 Å². The lowest BCUT2D eigenvalue weighted by Crippen LogP contribution is -2.09. The summed E-state index contributed by atoms with van der Waals surface area (Å²) in [7, 11) is 0. The van der Waals surface area contributed by atoms with Crippen molar-refractivity contribution in [3.05, 3.63) is 255 Å². The Morgan fingerprint density at radius 2 is 0.746 bits per heavy atom. The van der Waals surface area contributed by atoms with Crippen LogP contribution >= 0.6 is 0 Å². The van der Waals surface area contributed by atoms with Crippen LogP contribution in [0.5, 0.6) is 0 Å². The van der Waals surface area contributed by atoms with Crippen molar-refractivity contribution in [1.82, 2.24) is 4.57 Å². The van der Waals surface area contributed by atoms with Crippen LogP contribution in [-0.2, 0) is 0 Å². The molecule has 0 aliphatic heterocycles. The van der Waals surface area contributed by atoms with E-state index in [-0.39, 0.29) is 0 Å². The van der Waals surface area contributed by atoms with Gasteiger partial charge in [0.05, 0.1) is 11.0 Å². The summed E-state index contributed by atoms with van der Waals surface area (Å²) in [5.41, 5.74) is 18.1. The van der Waals surface area contributed by atoms with Crippen molar-refractivity contribution >= 4 is 71.6 Å². The zero-order valence-electron chi connectivity index (χ0n) is 36.6. The van der Waals surface area contributed by atoms with Crippen molar-refractivity contribution in [2.24, 2.45) is 0 Å². The van der Waals surface area contributed by atoms with Gasteiger partial charge in [0.1, 0.15) is 11.2 Å². The molecule has 2 aromatic heterocycles. The molecule has 0 atom stereocenters. The van der Waals surface area contributed by atoms with Gasteiger partial charge in [0.2, 0.25) is 0 Å². The van der Waals surface area contributed by atoms with Crippen molar-refractivity contribution in [1.29, 1.82) is 0 Å². The highest BCUT2D eigenvalue weighted by molar-refractivity contribution is 6.19. The summed E-state index contributed by atoms with van der Waals surface area (Å²) in [6, 6.07) is 91.8. The van der Waals surface area contributed by atoms with Gasteiger partial charge in [-0.25, -0.2) is 0 Å². The minimum absolute atomic E-state index is 0.880. The molecule has 0 fully saturated rings. The number of rotatable bonds is 8. The molecule has 0 aliphatic carbocycles. The third kappa shape index (κ3) is 6.76. The van der Waals surface area contributed by atoms with Gasteiger partial charge in [-0.2, -0.15) is 0 Å². The summed E-state index contributed by atoms with van der Waals surface area (Å²) in [5.74, 6) is 0. The molecule has 67 heavy (non-hydrogen) atoms. The van der Waals surface area contributed by atoms with Crippen molar-refractivity contribution in [3.63, 3.8) is 0 Å². The molecule has 0 unspecified atom stereocenters. The molecule has 0 spiro atoms. The number of furan rings is 1. The molecule has 13 rings (SSSR count). The minimum Gasteiger partial charge on any atom is -0.456 e. The van der Waals surface area contributed by atoms with E-state index in [0.29, 0.717) is 0 Å². The van der Waals surface area contributed by atoms with Crippen LogP contribution in [0.1, 0.15) is 0 Å². The van der Waals surface area contributed by atoms with Crippen molar-refractivity contribution in [3.8, 4) is 50.2 Å².